The molecule has 0 fully saturated rings. The predicted octanol–water partition coefficient (Wildman–Crippen LogP) is 2.12. The second-order valence-corrected chi connectivity index (χ2v) is 4.01. The number of methoxy groups -OCH3 is 1. The summed E-state index contributed by atoms with van der Waals surface area (Å²) in [5.41, 5.74) is 9.06. The molecule has 0 saturated carbocycles. The number of fused-ring (bicyclic) bond motifs is 1. The highest BCUT2D eigenvalue weighted by atomic mass is 16.6. The lowest BCUT2D eigenvalue weighted by Gasteiger charge is -2.03. The maximum atomic E-state index is 5.76. The van der Waals surface area contributed by atoms with Crippen LogP contribution in [0, 0.1) is 6.92 Å². The highest BCUT2D eigenvalue weighted by molar-refractivity contribution is 6.02. The van der Waals surface area contributed by atoms with Gasteiger partial charge in [0.2, 0.25) is 0 Å². The minimum atomic E-state index is 0.268. The molecule has 18 heavy (non-hydrogen) atoms. The quantitative estimate of drug-likeness (QED) is 0.720. The van der Waals surface area contributed by atoms with E-state index in [1.807, 2.05) is 25.1 Å². The Hall–Kier alpha value is -2.50. The first-order valence-electron chi connectivity index (χ1n) is 5.46. The third kappa shape index (κ3) is 1.35. The number of nitrogen functional groups attached to an aromatic ring is 1. The Balaban J connectivity index is 2.41. The molecule has 0 saturated heterocycles. The van der Waals surface area contributed by atoms with Gasteiger partial charge in [0.05, 0.1) is 18.0 Å². The molecule has 0 aliphatic heterocycles. The lowest BCUT2D eigenvalue weighted by Crippen LogP contribution is -1.90. The van der Waals surface area contributed by atoms with Crippen LogP contribution in [0.25, 0.3) is 22.2 Å². The Morgan fingerprint density at radius 3 is 2.83 bits per heavy atom. The van der Waals surface area contributed by atoms with Gasteiger partial charge < -0.3 is 15.5 Å². The van der Waals surface area contributed by atoms with E-state index >= 15 is 0 Å². The van der Waals surface area contributed by atoms with Crippen molar-refractivity contribution in [2.75, 3.05) is 12.8 Å². The molecule has 0 aliphatic rings. The number of nitrogens with two attached hydrogens (primary N) is 1. The molecule has 0 atom stereocenters. The van der Waals surface area contributed by atoms with Crippen LogP contribution < -0.4 is 10.5 Å². The van der Waals surface area contributed by atoms with Crippen molar-refractivity contribution in [3.05, 3.63) is 23.9 Å². The van der Waals surface area contributed by atoms with Crippen molar-refractivity contribution in [2.45, 2.75) is 6.92 Å². The summed E-state index contributed by atoms with van der Waals surface area (Å²) in [6.45, 7) is 1.95. The lowest BCUT2D eigenvalue weighted by molar-refractivity contribution is 0.310. The Kier molecular flexibility index (Phi) is 2.22. The second-order valence-electron chi connectivity index (χ2n) is 4.01. The lowest BCUT2D eigenvalue weighted by atomic mass is 10.1. The zero-order valence-electron chi connectivity index (χ0n) is 10.0. The zero-order valence-corrected chi connectivity index (χ0v) is 10.0. The van der Waals surface area contributed by atoms with Crippen molar-refractivity contribution in [1.29, 1.82) is 0 Å². The minimum Gasteiger partial charge on any atom is -0.496 e. The monoisotopic (exact) mass is 244 g/mol. The number of anilines is 1. The first-order chi connectivity index (χ1) is 8.72. The van der Waals surface area contributed by atoms with Crippen LogP contribution in [0.3, 0.4) is 0 Å². The van der Waals surface area contributed by atoms with Gasteiger partial charge in [-0.05, 0) is 29.4 Å². The number of benzene rings is 1. The third-order valence-corrected chi connectivity index (χ3v) is 2.94. The predicted molar refractivity (Wildman–Crippen MR) is 67.3 cm³/mol. The fraction of sp³-hybridized carbons (Fsp3) is 0.167. The van der Waals surface area contributed by atoms with Crippen LogP contribution in [0.4, 0.5) is 5.82 Å². The number of aryl methyl sites for hydroxylation is 1. The number of aromatic amines is 1. The van der Waals surface area contributed by atoms with Gasteiger partial charge in [-0.3, -0.25) is 0 Å². The Morgan fingerprint density at radius 1 is 1.33 bits per heavy atom. The van der Waals surface area contributed by atoms with Gasteiger partial charge in [-0.2, -0.15) is 0 Å². The van der Waals surface area contributed by atoms with E-state index in [1.165, 1.54) is 0 Å². The van der Waals surface area contributed by atoms with Crippen LogP contribution in [-0.2, 0) is 0 Å². The fourth-order valence-electron chi connectivity index (χ4n) is 2.18. The molecular weight excluding hydrogens is 232 g/mol. The average Bonchev–Trinajstić information content (AvgIpc) is 2.91. The summed E-state index contributed by atoms with van der Waals surface area (Å²) in [5.74, 6) is 1.03. The summed E-state index contributed by atoms with van der Waals surface area (Å²) in [6, 6.07) is 5.78. The number of H-pyrrole nitrogens is 1. The van der Waals surface area contributed by atoms with E-state index in [2.05, 4.69) is 19.9 Å². The molecule has 6 nitrogen and oxygen atoms in total. The number of rotatable bonds is 2. The molecule has 0 amide bonds. The first kappa shape index (κ1) is 10.6. The van der Waals surface area contributed by atoms with Crippen molar-refractivity contribution >= 4 is 16.7 Å². The summed E-state index contributed by atoms with van der Waals surface area (Å²) >= 11 is 0. The van der Waals surface area contributed by atoms with Crippen LogP contribution in [0.2, 0.25) is 0 Å². The van der Waals surface area contributed by atoms with Crippen LogP contribution in [0.15, 0.2) is 22.8 Å². The standard InChI is InChI=1S/C12H12N4O2/c1-6-9(11-12(13)16-18-15-11)10-7(14-6)4-3-5-8(10)17-2/h3-5,14H,1-2H3,(H2,13,16). The van der Waals surface area contributed by atoms with E-state index in [-0.39, 0.29) is 5.82 Å². The molecule has 6 heteroatoms. The minimum absolute atomic E-state index is 0.268. The van der Waals surface area contributed by atoms with Gasteiger partial charge >= 0.3 is 0 Å². The zero-order chi connectivity index (χ0) is 12.7. The summed E-state index contributed by atoms with van der Waals surface area (Å²) in [5, 5.41) is 8.40. The molecule has 3 N–H and O–H groups in total. The van der Waals surface area contributed by atoms with E-state index in [9.17, 15) is 0 Å². The van der Waals surface area contributed by atoms with Crippen LogP contribution in [0.5, 0.6) is 5.75 Å². The van der Waals surface area contributed by atoms with Crippen molar-refractivity contribution in [3.63, 3.8) is 0 Å². The van der Waals surface area contributed by atoms with Crippen molar-refractivity contribution in [3.8, 4) is 17.0 Å². The first-order valence-corrected chi connectivity index (χ1v) is 5.46. The highest BCUT2D eigenvalue weighted by Gasteiger charge is 2.19. The molecule has 0 spiro atoms. The SMILES string of the molecule is COc1cccc2[nH]c(C)c(-c3nonc3N)c12. The van der Waals surface area contributed by atoms with Gasteiger partial charge in [-0.1, -0.05) is 6.07 Å². The number of hydrogen-bond donors (Lipinski definition) is 2. The fourth-order valence-corrected chi connectivity index (χ4v) is 2.18. The van der Waals surface area contributed by atoms with E-state index in [4.69, 9.17) is 10.5 Å². The van der Waals surface area contributed by atoms with E-state index < -0.39 is 0 Å². The van der Waals surface area contributed by atoms with Crippen molar-refractivity contribution < 1.29 is 9.37 Å². The topological polar surface area (TPSA) is 90.0 Å². The Labute approximate surface area is 103 Å². The number of nitrogens with one attached hydrogen (secondary N) is 1. The summed E-state index contributed by atoms with van der Waals surface area (Å²) in [7, 11) is 1.63. The van der Waals surface area contributed by atoms with Crippen molar-refractivity contribution in [2.24, 2.45) is 0 Å². The number of nitrogens with zero attached hydrogens (tertiary/aromatic N) is 2. The summed E-state index contributed by atoms with van der Waals surface area (Å²) in [4.78, 5) is 3.27. The van der Waals surface area contributed by atoms with Gasteiger partial charge in [0.1, 0.15) is 5.75 Å². The average molecular weight is 244 g/mol. The number of hydrogen-bond acceptors (Lipinski definition) is 5. The van der Waals surface area contributed by atoms with E-state index in [0.717, 1.165) is 27.9 Å². The third-order valence-electron chi connectivity index (χ3n) is 2.94. The van der Waals surface area contributed by atoms with Crippen LogP contribution >= 0.6 is 0 Å². The molecule has 3 aromatic rings. The van der Waals surface area contributed by atoms with Crippen LogP contribution in [-0.4, -0.2) is 22.4 Å². The highest BCUT2D eigenvalue weighted by Crippen LogP contribution is 2.38. The number of aromatic nitrogens is 3. The smallest absolute Gasteiger partial charge is 0.196 e. The molecule has 2 aromatic heterocycles. The Bertz CT molecular complexity index is 714. The molecule has 1 aromatic carbocycles. The van der Waals surface area contributed by atoms with Gasteiger partial charge in [-0.25, -0.2) is 4.63 Å². The van der Waals surface area contributed by atoms with E-state index in [0.29, 0.717) is 5.69 Å². The number of ether oxygens (including phenoxy) is 1. The summed E-state index contributed by atoms with van der Waals surface area (Å²) in [6.07, 6.45) is 0. The summed E-state index contributed by atoms with van der Waals surface area (Å²) < 4.78 is 10.0. The largest absolute Gasteiger partial charge is 0.496 e. The maximum absolute atomic E-state index is 5.76. The molecule has 0 unspecified atom stereocenters. The Morgan fingerprint density at radius 2 is 2.17 bits per heavy atom. The molecule has 0 bridgehead atoms. The second kappa shape index (κ2) is 3.76. The molecule has 2 heterocycles. The molecule has 0 radical (unpaired) electrons. The van der Waals surface area contributed by atoms with Gasteiger partial charge in [-0.15, -0.1) is 0 Å². The van der Waals surface area contributed by atoms with Crippen LogP contribution in [0.1, 0.15) is 5.69 Å². The molecule has 0 aliphatic carbocycles. The molecule has 92 valence electrons. The van der Waals surface area contributed by atoms with E-state index in [1.54, 1.807) is 7.11 Å². The van der Waals surface area contributed by atoms with Gasteiger partial charge in [0, 0.05) is 11.3 Å². The molecular formula is C12H12N4O2. The van der Waals surface area contributed by atoms with Gasteiger partial charge in [0.15, 0.2) is 11.5 Å². The maximum Gasteiger partial charge on any atom is 0.196 e. The normalized spacial score (nSPS) is 11.0. The van der Waals surface area contributed by atoms with Gasteiger partial charge in [0.25, 0.3) is 0 Å². The molecule has 3 rings (SSSR count). The van der Waals surface area contributed by atoms with Crippen molar-refractivity contribution in [1.82, 2.24) is 15.3 Å².